The van der Waals surface area contributed by atoms with Crippen molar-refractivity contribution in [1.29, 1.82) is 0 Å². The van der Waals surface area contributed by atoms with Gasteiger partial charge in [0.2, 0.25) is 0 Å². The maximum atomic E-state index is 9.40. The molecule has 0 aliphatic rings. The van der Waals surface area contributed by atoms with E-state index in [0.717, 1.165) is 40.2 Å². The highest BCUT2D eigenvalue weighted by Crippen LogP contribution is 2.19. The fourth-order valence-electron chi connectivity index (χ4n) is 3.42. The average molecular weight is 426 g/mol. The molecule has 162 valence electrons. The molecule has 4 nitrogen and oxygen atoms in total. The molecule has 0 unspecified atom stereocenters. The molecule has 0 radical (unpaired) electrons. The van der Waals surface area contributed by atoms with Gasteiger partial charge in [0.05, 0.1) is 0 Å². The highest BCUT2D eigenvalue weighted by atomic mass is 16.5. The number of hydrogen-bond donors (Lipinski definition) is 2. The first kappa shape index (κ1) is 21.5. The van der Waals surface area contributed by atoms with Crippen molar-refractivity contribution >= 4 is 0 Å². The number of nitrogens with two attached hydrogens (primary N) is 1. The highest BCUT2D eigenvalue weighted by Gasteiger charge is 2.02. The van der Waals surface area contributed by atoms with E-state index in [4.69, 9.17) is 15.2 Å². The quantitative estimate of drug-likeness (QED) is 0.366. The number of ether oxygens (including phenoxy) is 2. The number of benzene rings is 4. The molecule has 4 aromatic carbocycles. The lowest BCUT2D eigenvalue weighted by molar-refractivity contribution is 0.300. The van der Waals surface area contributed by atoms with Crippen molar-refractivity contribution in [3.63, 3.8) is 0 Å². The second-order valence-corrected chi connectivity index (χ2v) is 7.73. The summed E-state index contributed by atoms with van der Waals surface area (Å²) in [6.07, 6.45) is 0.817. The molecule has 0 saturated heterocycles. The molecule has 0 fully saturated rings. The number of phenols is 1. The SMILES string of the molecule is NCc1ccc(OCc2cccc(COc3ccc(Cc4ccc(O)cc4)cc3)c2)cc1. The molecule has 0 heterocycles. The van der Waals surface area contributed by atoms with E-state index in [0.29, 0.717) is 19.8 Å². The van der Waals surface area contributed by atoms with Gasteiger partial charge in [0, 0.05) is 6.54 Å². The van der Waals surface area contributed by atoms with Crippen LogP contribution in [0.1, 0.15) is 27.8 Å². The predicted octanol–water partition coefficient (Wildman–Crippen LogP) is 5.60. The van der Waals surface area contributed by atoms with Crippen molar-refractivity contribution in [1.82, 2.24) is 0 Å². The van der Waals surface area contributed by atoms with Crippen molar-refractivity contribution in [2.75, 3.05) is 0 Å². The summed E-state index contributed by atoms with van der Waals surface area (Å²) < 4.78 is 11.9. The fourth-order valence-corrected chi connectivity index (χ4v) is 3.42. The van der Waals surface area contributed by atoms with Crippen molar-refractivity contribution in [2.24, 2.45) is 5.73 Å². The van der Waals surface area contributed by atoms with Crippen LogP contribution in [0.5, 0.6) is 17.2 Å². The van der Waals surface area contributed by atoms with Gasteiger partial charge in [-0.3, -0.25) is 0 Å². The second-order valence-electron chi connectivity index (χ2n) is 7.73. The lowest BCUT2D eigenvalue weighted by Crippen LogP contribution is -2.00. The summed E-state index contributed by atoms with van der Waals surface area (Å²) in [6, 6.07) is 31.5. The molecule has 4 heteroatoms. The van der Waals surface area contributed by atoms with Gasteiger partial charge >= 0.3 is 0 Å². The third-order valence-electron chi connectivity index (χ3n) is 5.23. The van der Waals surface area contributed by atoms with E-state index < -0.39 is 0 Å². The molecule has 0 saturated carbocycles. The zero-order chi connectivity index (χ0) is 22.2. The van der Waals surface area contributed by atoms with E-state index in [-0.39, 0.29) is 5.75 Å². The summed E-state index contributed by atoms with van der Waals surface area (Å²) in [4.78, 5) is 0. The van der Waals surface area contributed by atoms with Gasteiger partial charge in [-0.1, -0.05) is 54.6 Å². The monoisotopic (exact) mass is 425 g/mol. The molecule has 4 aromatic rings. The highest BCUT2D eigenvalue weighted by molar-refractivity contribution is 5.34. The fraction of sp³-hybridized carbons (Fsp3) is 0.143. The van der Waals surface area contributed by atoms with E-state index in [1.54, 1.807) is 12.1 Å². The van der Waals surface area contributed by atoms with Crippen LogP contribution in [-0.2, 0) is 26.2 Å². The molecule has 0 bridgehead atoms. The molecule has 0 aliphatic heterocycles. The Labute approximate surface area is 188 Å². The molecule has 0 amide bonds. The normalized spacial score (nSPS) is 10.7. The standard InChI is InChI=1S/C28H27NO3/c29-18-23-8-14-28(15-9-23)32-20-25-3-1-2-24(17-25)19-31-27-12-6-22(7-13-27)16-21-4-10-26(30)11-5-21/h1-15,17,30H,16,18-20,29H2. The van der Waals surface area contributed by atoms with Crippen LogP contribution in [0.3, 0.4) is 0 Å². The van der Waals surface area contributed by atoms with Crippen molar-refractivity contribution in [2.45, 2.75) is 26.2 Å². The van der Waals surface area contributed by atoms with Gasteiger partial charge < -0.3 is 20.3 Å². The number of hydrogen-bond acceptors (Lipinski definition) is 4. The van der Waals surface area contributed by atoms with Gasteiger partial charge in [-0.2, -0.15) is 0 Å². The van der Waals surface area contributed by atoms with Crippen LogP contribution in [0, 0.1) is 0 Å². The lowest BCUT2D eigenvalue weighted by Gasteiger charge is -2.10. The second kappa shape index (κ2) is 10.5. The number of rotatable bonds is 9. The molecular formula is C28H27NO3. The van der Waals surface area contributed by atoms with Gasteiger partial charge in [0.25, 0.3) is 0 Å². The summed E-state index contributed by atoms with van der Waals surface area (Å²) in [5.41, 5.74) is 11.3. The topological polar surface area (TPSA) is 64.7 Å². The van der Waals surface area contributed by atoms with E-state index in [1.807, 2.05) is 54.6 Å². The van der Waals surface area contributed by atoms with Gasteiger partial charge in [-0.05, 0) is 76.7 Å². The van der Waals surface area contributed by atoms with Gasteiger partial charge in [-0.15, -0.1) is 0 Å². The van der Waals surface area contributed by atoms with Crippen LogP contribution in [-0.4, -0.2) is 5.11 Å². The molecule has 0 atom stereocenters. The third-order valence-corrected chi connectivity index (χ3v) is 5.23. The predicted molar refractivity (Wildman–Crippen MR) is 127 cm³/mol. The molecule has 3 N–H and O–H groups in total. The molecule has 0 aliphatic carbocycles. The zero-order valence-corrected chi connectivity index (χ0v) is 17.9. The first-order valence-electron chi connectivity index (χ1n) is 10.7. The Kier molecular flexibility index (Phi) is 7.05. The van der Waals surface area contributed by atoms with Crippen LogP contribution >= 0.6 is 0 Å². The van der Waals surface area contributed by atoms with Gasteiger partial charge in [-0.25, -0.2) is 0 Å². The minimum Gasteiger partial charge on any atom is -0.508 e. The Morgan fingerprint density at radius 1 is 0.562 bits per heavy atom. The van der Waals surface area contributed by atoms with E-state index in [1.165, 1.54) is 5.56 Å². The Hall–Kier alpha value is -3.76. The summed E-state index contributed by atoms with van der Waals surface area (Å²) in [7, 11) is 0. The minimum absolute atomic E-state index is 0.286. The zero-order valence-electron chi connectivity index (χ0n) is 17.9. The molecule has 0 spiro atoms. The van der Waals surface area contributed by atoms with Gasteiger partial charge in [0.1, 0.15) is 30.5 Å². The Morgan fingerprint density at radius 2 is 1.03 bits per heavy atom. The Morgan fingerprint density at radius 3 is 1.53 bits per heavy atom. The summed E-state index contributed by atoms with van der Waals surface area (Å²) in [5.74, 6) is 1.95. The first-order valence-corrected chi connectivity index (χ1v) is 10.7. The van der Waals surface area contributed by atoms with Crippen LogP contribution in [0.15, 0.2) is 97.1 Å². The summed E-state index contributed by atoms with van der Waals surface area (Å²) in [6.45, 7) is 1.53. The van der Waals surface area contributed by atoms with E-state index in [2.05, 4.69) is 30.3 Å². The molecule has 0 aromatic heterocycles. The minimum atomic E-state index is 0.286. The van der Waals surface area contributed by atoms with E-state index >= 15 is 0 Å². The van der Waals surface area contributed by atoms with Crippen LogP contribution in [0.4, 0.5) is 0 Å². The van der Waals surface area contributed by atoms with Gasteiger partial charge in [0.15, 0.2) is 0 Å². The largest absolute Gasteiger partial charge is 0.508 e. The van der Waals surface area contributed by atoms with E-state index in [9.17, 15) is 5.11 Å². The maximum absolute atomic E-state index is 9.40. The lowest BCUT2D eigenvalue weighted by atomic mass is 10.0. The number of phenolic OH excluding ortho intramolecular Hbond substituents is 1. The van der Waals surface area contributed by atoms with Crippen LogP contribution in [0.25, 0.3) is 0 Å². The Balaban J connectivity index is 1.29. The smallest absolute Gasteiger partial charge is 0.119 e. The van der Waals surface area contributed by atoms with Crippen LogP contribution in [0.2, 0.25) is 0 Å². The summed E-state index contributed by atoms with van der Waals surface area (Å²) >= 11 is 0. The third kappa shape index (κ3) is 6.13. The number of aromatic hydroxyl groups is 1. The van der Waals surface area contributed by atoms with Crippen molar-refractivity contribution < 1.29 is 14.6 Å². The maximum Gasteiger partial charge on any atom is 0.119 e. The van der Waals surface area contributed by atoms with Crippen molar-refractivity contribution in [3.8, 4) is 17.2 Å². The van der Waals surface area contributed by atoms with Crippen molar-refractivity contribution in [3.05, 3.63) is 125 Å². The molecular weight excluding hydrogens is 398 g/mol. The average Bonchev–Trinajstić information content (AvgIpc) is 2.84. The Bertz CT molecular complexity index is 1120. The first-order chi connectivity index (χ1) is 15.7. The molecule has 4 rings (SSSR count). The summed E-state index contributed by atoms with van der Waals surface area (Å²) in [5, 5.41) is 9.40. The molecule has 32 heavy (non-hydrogen) atoms. The van der Waals surface area contributed by atoms with Crippen LogP contribution < -0.4 is 15.2 Å².